The van der Waals surface area contributed by atoms with E-state index in [-0.39, 0.29) is 18.3 Å². The number of fused-ring (bicyclic) bond motifs is 3. The van der Waals surface area contributed by atoms with Crippen molar-refractivity contribution < 1.29 is 9.53 Å². The molecule has 0 aliphatic carbocycles. The van der Waals surface area contributed by atoms with Crippen molar-refractivity contribution in [1.29, 1.82) is 5.26 Å². The highest BCUT2D eigenvalue weighted by Crippen LogP contribution is 2.41. The Balaban J connectivity index is 0.00000259. The number of carbonyl (C=O) groups excluding carboxylic acids is 1. The summed E-state index contributed by atoms with van der Waals surface area (Å²) in [6.07, 6.45) is 0. The Labute approximate surface area is 200 Å². The fourth-order valence-electron chi connectivity index (χ4n) is 4.77. The minimum atomic E-state index is -0.0476. The van der Waals surface area contributed by atoms with Crippen LogP contribution < -0.4 is 10.1 Å². The van der Waals surface area contributed by atoms with Crippen molar-refractivity contribution in [3.63, 3.8) is 0 Å². The highest BCUT2D eigenvalue weighted by atomic mass is 35.5. The summed E-state index contributed by atoms with van der Waals surface area (Å²) in [4.78, 5) is 15.0. The number of nitriles is 1. The van der Waals surface area contributed by atoms with Crippen molar-refractivity contribution in [2.75, 3.05) is 32.8 Å². The maximum atomic E-state index is 12.6. The maximum Gasteiger partial charge on any atom is 0.251 e. The van der Waals surface area contributed by atoms with Crippen molar-refractivity contribution >= 4 is 18.3 Å². The number of hydrogen-bond donors (Lipinski definition) is 1. The highest BCUT2D eigenvalue weighted by Gasteiger charge is 2.38. The molecule has 1 N–H and O–H groups in total. The molecule has 0 unspecified atom stereocenters. The second-order valence-electron chi connectivity index (χ2n) is 8.50. The normalized spacial score (nSPS) is 18.8. The van der Waals surface area contributed by atoms with Crippen LogP contribution in [-0.2, 0) is 0 Å². The van der Waals surface area contributed by atoms with E-state index in [4.69, 9.17) is 4.74 Å². The zero-order valence-corrected chi connectivity index (χ0v) is 19.1. The van der Waals surface area contributed by atoms with Gasteiger partial charge in [0.25, 0.3) is 5.91 Å². The van der Waals surface area contributed by atoms with Gasteiger partial charge in [0, 0.05) is 49.1 Å². The third-order valence-electron chi connectivity index (χ3n) is 6.48. The van der Waals surface area contributed by atoms with Gasteiger partial charge in [-0.3, -0.25) is 4.79 Å². The molecule has 1 saturated heterocycles. The summed E-state index contributed by atoms with van der Waals surface area (Å²) in [6.45, 7) is 3.99. The summed E-state index contributed by atoms with van der Waals surface area (Å²) < 4.78 is 5.92. The number of benzene rings is 3. The van der Waals surface area contributed by atoms with Crippen LogP contribution in [0.15, 0.2) is 72.8 Å². The molecule has 0 radical (unpaired) electrons. The number of halogens is 1. The number of amides is 1. The third kappa shape index (κ3) is 4.88. The van der Waals surface area contributed by atoms with Crippen LogP contribution in [0, 0.1) is 17.2 Å². The molecule has 168 valence electrons. The van der Waals surface area contributed by atoms with Crippen LogP contribution in [0.3, 0.4) is 0 Å². The number of hydrogen-bond acceptors (Lipinski definition) is 4. The smallest absolute Gasteiger partial charge is 0.251 e. The van der Waals surface area contributed by atoms with Gasteiger partial charge in [-0.05, 0) is 41.5 Å². The Morgan fingerprint density at radius 2 is 1.79 bits per heavy atom. The van der Waals surface area contributed by atoms with Gasteiger partial charge in [0.1, 0.15) is 5.75 Å². The Kier molecular flexibility index (Phi) is 6.98. The molecule has 3 aromatic rings. The van der Waals surface area contributed by atoms with Crippen LogP contribution in [-0.4, -0.2) is 43.6 Å². The van der Waals surface area contributed by atoms with Crippen LogP contribution >= 0.6 is 12.4 Å². The van der Waals surface area contributed by atoms with Crippen LogP contribution in [0.4, 0.5) is 0 Å². The Bertz CT molecular complexity index is 1160. The average Bonchev–Trinajstić information content (AvgIpc) is 3.28. The third-order valence-corrected chi connectivity index (χ3v) is 6.48. The lowest BCUT2D eigenvalue weighted by Crippen LogP contribution is -2.34. The molecule has 5 nitrogen and oxygen atoms in total. The molecule has 0 bridgehead atoms. The first-order valence-electron chi connectivity index (χ1n) is 11.0. The number of nitrogens with one attached hydrogen (secondary N) is 1. The zero-order valence-electron chi connectivity index (χ0n) is 18.2. The Hall–Kier alpha value is -3.33. The van der Waals surface area contributed by atoms with E-state index in [9.17, 15) is 10.1 Å². The number of ether oxygens (including phenoxy) is 1. The van der Waals surface area contributed by atoms with E-state index in [0.717, 1.165) is 42.1 Å². The van der Waals surface area contributed by atoms with Gasteiger partial charge in [0.15, 0.2) is 0 Å². The summed E-state index contributed by atoms with van der Waals surface area (Å²) >= 11 is 0. The molecule has 2 aliphatic heterocycles. The van der Waals surface area contributed by atoms with Gasteiger partial charge in [-0.1, -0.05) is 42.5 Å². The van der Waals surface area contributed by atoms with Gasteiger partial charge in [-0.15, -0.1) is 12.4 Å². The molecule has 1 fully saturated rings. The van der Waals surface area contributed by atoms with Crippen LogP contribution in [0.2, 0.25) is 0 Å². The lowest BCUT2D eigenvalue weighted by molar-refractivity contribution is 0.0949. The monoisotopic (exact) mass is 459 g/mol. The molecule has 6 heteroatoms. The summed E-state index contributed by atoms with van der Waals surface area (Å²) in [5, 5.41) is 12.3. The predicted molar refractivity (Wildman–Crippen MR) is 131 cm³/mol. The van der Waals surface area contributed by atoms with Crippen molar-refractivity contribution in [3.8, 4) is 22.9 Å². The van der Waals surface area contributed by atoms with Crippen LogP contribution in [0.5, 0.6) is 5.75 Å². The van der Waals surface area contributed by atoms with Crippen molar-refractivity contribution in [1.82, 2.24) is 10.2 Å². The van der Waals surface area contributed by atoms with Gasteiger partial charge in [0.05, 0.1) is 18.2 Å². The van der Waals surface area contributed by atoms with E-state index in [1.165, 1.54) is 0 Å². The number of carbonyl (C=O) groups is 1. The zero-order chi connectivity index (χ0) is 21.9. The number of nitrogens with zero attached hydrogens (tertiary/aromatic N) is 2. The fraction of sp³-hybridized carbons (Fsp3) is 0.259. The molecule has 1 amide bonds. The lowest BCUT2D eigenvalue weighted by Gasteiger charge is -2.27. The standard InChI is InChI=1S/C27H25N3O2.ClH/c28-15-19-6-11-26-24(14-19)25-17-30(16-23(25)18-32-26)13-12-29-27(31)22-9-7-21(8-10-22)20-4-2-1-3-5-20;/h1-11,14,23,25H,12-13,16-18H2,(H,29,31);1H/t23-,25+;/m0./s1. The molecule has 2 heterocycles. The highest BCUT2D eigenvalue weighted by molar-refractivity contribution is 5.94. The molecule has 5 rings (SSSR count). The van der Waals surface area contributed by atoms with E-state index >= 15 is 0 Å². The maximum absolute atomic E-state index is 12.6. The first kappa shape index (κ1) is 22.8. The summed E-state index contributed by atoms with van der Waals surface area (Å²) in [5.74, 6) is 1.67. The molecule has 33 heavy (non-hydrogen) atoms. The van der Waals surface area contributed by atoms with Gasteiger partial charge in [-0.2, -0.15) is 5.26 Å². The SMILES string of the molecule is Cl.N#Cc1ccc2c(c1)[C@@H]1CN(CCNC(=O)c3ccc(-c4ccccc4)cc3)C[C@H]1CO2. The summed E-state index contributed by atoms with van der Waals surface area (Å²) in [7, 11) is 0. The second-order valence-corrected chi connectivity index (χ2v) is 8.50. The molecule has 0 spiro atoms. The second kappa shape index (κ2) is 10.1. The minimum Gasteiger partial charge on any atom is -0.493 e. The summed E-state index contributed by atoms with van der Waals surface area (Å²) in [6, 6.07) is 25.8. The Morgan fingerprint density at radius 3 is 2.55 bits per heavy atom. The molecule has 0 saturated carbocycles. The van der Waals surface area contributed by atoms with Crippen molar-refractivity contribution in [3.05, 3.63) is 89.5 Å². The van der Waals surface area contributed by atoms with E-state index in [1.54, 1.807) is 0 Å². The topological polar surface area (TPSA) is 65.4 Å². The molecule has 0 aromatic heterocycles. The molecule has 2 atom stereocenters. The van der Waals surface area contributed by atoms with Crippen LogP contribution in [0.1, 0.15) is 27.4 Å². The van der Waals surface area contributed by atoms with Crippen molar-refractivity contribution in [2.24, 2.45) is 5.92 Å². The van der Waals surface area contributed by atoms with E-state index in [1.807, 2.05) is 60.7 Å². The average molecular weight is 460 g/mol. The van der Waals surface area contributed by atoms with Gasteiger partial charge in [-0.25, -0.2) is 0 Å². The number of rotatable bonds is 5. The van der Waals surface area contributed by atoms with Gasteiger partial charge in [0.2, 0.25) is 0 Å². The van der Waals surface area contributed by atoms with E-state index in [2.05, 4.69) is 28.4 Å². The molecule has 2 aliphatic rings. The Morgan fingerprint density at radius 1 is 1.03 bits per heavy atom. The molecular formula is C27H26ClN3O2. The first-order valence-corrected chi connectivity index (χ1v) is 11.0. The number of likely N-dealkylation sites (tertiary alicyclic amines) is 1. The predicted octanol–water partition coefficient (Wildman–Crippen LogP) is 4.48. The van der Waals surface area contributed by atoms with E-state index < -0.39 is 0 Å². The molecular weight excluding hydrogens is 434 g/mol. The van der Waals surface area contributed by atoms with Gasteiger partial charge >= 0.3 is 0 Å². The lowest BCUT2D eigenvalue weighted by atomic mass is 9.86. The summed E-state index contributed by atoms with van der Waals surface area (Å²) in [5.41, 5.74) is 4.74. The molecule has 3 aromatic carbocycles. The minimum absolute atomic E-state index is 0. The van der Waals surface area contributed by atoms with Crippen molar-refractivity contribution in [2.45, 2.75) is 5.92 Å². The quantitative estimate of drug-likeness (QED) is 0.610. The van der Waals surface area contributed by atoms with Crippen LogP contribution in [0.25, 0.3) is 11.1 Å². The largest absolute Gasteiger partial charge is 0.493 e. The van der Waals surface area contributed by atoms with Gasteiger partial charge < -0.3 is 15.0 Å². The van der Waals surface area contributed by atoms with E-state index in [0.29, 0.717) is 36.1 Å². The first-order chi connectivity index (χ1) is 15.7. The fourth-order valence-corrected chi connectivity index (χ4v) is 4.77.